The summed E-state index contributed by atoms with van der Waals surface area (Å²) in [5.74, 6) is -0.611. The molecular formula is C17H19N5O4S. The van der Waals surface area contributed by atoms with Crippen molar-refractivity contribution in [3.05, 3.63) is 29.8 Å². The average Bonchev–Trinajstić information content (AvgIpc) is 3.07. The number of Topliss-reactive ketones (excluding diaryl/α,β-unsaturated/α-hetero) is 1. The van der Waals surface area contributed by atoms with Crippen LogP contribution in [0.2, 0.25) is 0 Å². The monoisotopic (exact) mass is 389 g/mol. The number of rotatable bonds is 6. The van der Waals surface area contributed by atoms with Gasteiger partial charge in [-0.3, -0.25) is 9.59 Å². The Morgan fingerprint density at radius 2 is 2.07 bits per heavy atom. The molecule has 1 fully saturated rings. The van der Waals surface area contributed by atoms with Crippen molar-refractivity contribution in [3.8, 4) is 0 Å². The van der Waals surface area contributed by atoms with Crippen LogP contribution >= 0.6 is 11.8 Å². The second-order valence-electron chi connectivity index (χ2n) is 6.11. The van der Waals surface area contributed by atoms with E-state index in [4.69, 9.17) is 4.74 Å². The number of anilines is 1. The first-order valence-corrected chi connectivity index (χ1v) is 9.50. The number of aryl methyl sites for hydroxylation is 1. The summed E-state index contributed by atoms with van der Waals surface area (Å²) in [6.45, 7) is 0. The Morgan fingerprint density at radius 1 is 1.30 bits per heavy atom. The van der Waals surface area contributed by atoms with E-state index in [1.807, 2.05) is 0 Å². The number of benzene rings is 1. The molecule has 9 nitrogen and oxygen atoms in total. The summed E-state index contributed by atoms with van der Waals surface area (Å²) < 4.78 is 6.78. The zero-order valence-corrected chi connectivity index (χ0v) is 15.6. The lowest BCUT2D eigenvalue weighted by molar-refractivity contribution is -0.129. The van der Waals surface area contributed by atoms with Crippen LogP contribution in [0.3, 0.4) is 0 Å². The van der Waals surface area contributed by atoms with Crippen LogP contribution < -0.4 is 5.32 Å². The van der Waals surface area contributed by atoms with E-state index in [-0.39, 0.29) is 17.4 Å². The van der Waals surface area contributed by atoms with Crippen LogP contribution in [0.5, 0.6) is 0 Å². The molecule has 1 atom stereocenters. The zero-order valence-electron chi connectivity index (χ0n) is 14.8. The highest BCUT2D eigenvalue weighted by Crippen LogP contribution is 2.20. The maximum absolute atomic E-state index is 12.2. The van der Waals surface area contributed by atoms with E-state index < -0.39 is 12.1 Å². The zero-order chi connectivity index (χ0) is 19.2. The van der Waals surface area contributed by atoms with Crippen LogP contribution in [0.4, 0.5) is 5.69 Å². The Morgan fingerprint density at radius 3 is 2.74 bits per heavy atom. The van der Waals surface area contributed by atoms with Crippen molar-refractivity contribution in [1.82, 2.24) is 20.2 Å². The third-order valence-corrected chi connectivity index (χ3v) is 5.08. The van der Waals surface area contributed by atoms with E-state index in [2.05, 4.69) is 20.8 Å². The summed E-state index contributed by atoms with van der Waals surface area (Å²) >= 11 is 1.22. The molecule has 0 unspecified atom stereocenters. The van der Waals surface area contributed by atoms with Crippen molar-refractivity contribution < 1.29 is 19.1 Å². The predicted molar refractivity (Wildman–Crippen MR) is 97.3 cm³/mol. The van der Waals surface area contributed by atoms with Crippen LogP contribution in [0, 0.1) is 0 Å². The van der Waals surface area contributed by atoms with Gasteiger partial charge in [-0.15, -0.1) is 5.10 Å². The third kappa shape index (κ3) is 5.13. The van der Waals surface area contributed by atoms with Gasteiger partial charge in [0.2, 0.25) is 11.1 Å². The van der Waals surface area contributed by atoms with Gasteiger partial charge in [0, 0.05) is 19.2 Å². The van der Waals surface area contributed by atoms with Crippen LogP contribution in [0.1, 0.15) is 36.0 Å². The smallest absolute Gasteiger partial charge is 0.338 e. The number of hydrogen-bond acceptors (Lipinski definition) is 8. The lowest BCUT2D eigenvalue weighted by Gasteiger charge is -2.20. The van der Waals surface area contributed by atoms with E-state index in [9.17, 15) is 14.4 Å². The Labute approximate surface area is 159 Å². The summed E-state index contributed by atoms with van der Waals surface area (Å²) in [7, 11) is 1.69. The average molecular weight is 389 g/mol. The Balaban J connectivity index is 1.50. The number of carbonyl (C=O) groups is 3. The van der Waals surface area contributed by atoms with E-state index in [1.165, 1.54) is 16.4 Å². The number of carbonyl (C=O) groups excluding carboxylic acids is 3. The molecule has 1 aliphatic rings. The van der Waals surface area contributed by atoms with Gasteiger partial charge in [0.1, 0.15) is 0 Å². The number of aromatic nitrogens is 4. The molecule has 142 valence electrons. The lowest BCUT2D eigenvalue weighted by Crippen LogP contribution is -2.30. The van der Waals surface area contributed by atoms with Crippen LogP contribution in [0.25, 0.3) is 0 Å². The molecule has 2 aromatic rings. The largest absolute Gasteiger partial charge is 0.451 e. The lowest BCUT2D eigenvalue weighted by atomic mass is 9.96. The van der Waals surface area contributed by atoms with Crippen molar-refractivity contribution in [3.63, 3.8) is 0 Å². The van der Waals surface area contributed by atoms with Gasteiger partial charge in [0.05, 0.1) is 11.3 Å². The topological polar surface area (TPSA) is 116 Å². The molecule has 1 aromatic heterocycles. The van der Waals surface area contributed by atoms with Gasteiger partial charge in [0.25, 0.3) is 0 Å². The molecule has 10 heteroatoms. The first-order chi connectivity index (χ1) is 13.0. The minimum atomic E-state index is -0.641. The van der Waals surface area contributed by atoms with E-state index in [0.717, 1.165) is 12.8 Å². The summed E-state index contributed by atoms with van der Waals surface area (Å²) in [4.78, 5) is 35.9. The van der Waals surface area contributed by atoms with E-state index in [0.29, 0.717) is 29.2 Å². The first-order valence-electron chi connectivity index (χ1n) is 8.51. The highest BCUT2D eigenvalue weighted by molar-refractivity contribution is 7.99. The normalized spacial score (nSPS) is 16.8. The number of ketones is 1. The number of tetrazole rings is 1. The first kappa shape index (κ1) is 19.0. The second kappa shape index (κ2) is 8.76. The van der Waals surface area contributed by atoms with Crippen LogP contribution in [-0.2, 0) is 21.4 Å². The maximum Gasteiger partial charge on any atom is 0.338 e. The molecule has 0 spiro atoms. The molecule has 1 aliphatic carbocycles. The summed E-state index contributed by atoms with van der Waals surface area (Å²) in [5, 5.41) is 14.3. The molecule has 0 bridgehead atoms. The molecule has 3 rings (SSSR count). The van der Waals surface area contributed by atoms with Gasteiger partial charge in [-0.05, 0) is 54.0 Å². The number of hydrogen-bond donors (Lipinski definition) is 1. The molecule has 0 saturated heterocycles. The van der Waals surface area contributed by atoms with Crippen LogP contribution in [0.15, 0.2) is 29.4 Å². The summed E-state index contributed by atoms with van der Waals surface area (Å²) in [6.07, 6.45) is 2.14. The number of amides is 1. The standard InChI is InChI=1S/C17H19N5O4S/c1-22-17(19-20-21-22)27-10-15(24)18-12-8-6-11(7-9-12)16(25)26-14-5-3-2-4-13(14)23/h6-9,14H,2-5,10H2,1H3,(H,18,24)/t14-/m0/s1. The molecule has 1 N–H and O–H groups in total. The number of nitrogens with one attached hydrogen (secondary N) is 1. The highest BCUT2D eigenvalue weighted by atomic mass is 32.2. The Kier molecular flexibility index (Phi) is 6.17. The molecule has 0 radical (unpaired) electrons. The number of thioether (sulfide) groups is 1. The fraction of sp³-hybridized carbons (Fsp3) is 0.412. The number of nitrogens with zero attached hydrogens (tertiary/aromatic N) is 4. The van der Waals surface area contributed by atoms with Crippen molar-refractivity contribution in [2.24, 2.45) is 7.05 Å². The van der Waals surface area contributed by atoms with Gasteiger partial charge in [-0.1, -0.05) is 11.8 Å². The molecule has 1 saturated carbocycles. The van der Waals surface area contributed by atoms with Gasteiger partial charge in [0.15, 0.2) is 11.9 Å². The summed E-state index contributed by atoms with van der Waals surface area (Å²) in [5.41, 5.74) is 0.896. The minimum absolute atomic E-state index is 0.0194. The fourth-order valence-corrected chi connectivity index (χ4v) is 3.28. The Hall–Kier alpha value is -2.75. The quantitative estimate of drug-likeness (QED) is 0.585. The second-order valence-corrected chi connectivity index (χ2v) is 7.05. The van der Waals surface area contributed by atoms with Crippen molar-refractivity contribution in [2.45, 2.75) is 36.9 Å². The van der Waals surface area contributed by atoms with Gasteiger partial charge < -0.3 is 10.1 Å². The van der Waals surface area contributed by atoms with Gasteiger partial charge in [-0.2, -0.15) is 0 Å². The number of esters is 1. The molecule has 1 amide bonds. The Bertz CT molecular complexity index is 836. The SMILES string of the molecule is Cn1nnnc1SCC(=O)Nc1ccc(C(=O)O[C@H]2CCCCC2=O)cc1. The highest BCUT2D eigenvalue weighted by Gasteiger charge is 2.26. The predicted octanol–water partition coefficient (Wildman–Crippen LogP) is 1.61. The molecule has 27 heavy (non-hydrogen) atoms. The third-order valence-electron chi connectivity index (χ3n) is 4.07. The molecule has 1 aromatic carbocycles. The maximum atomic E-state index is 12.2. The van der Waals surface area contributed by atoms with Gasteiger partial charge in [-0.25, -0.2) is 9.48 Å². The fourth-order valence-electron chi connectivity index (χ4n) is 2.63. The van der Waals surface area contributed by atoms with Crippen molar-refractivity contribution >= 4 is 35.1 Å². The molecule has 0 aliphatic heterocycles. The van der Waals surface area contributed by atoms with Crippen LogP contribution in [-0.4, -0.2) is 49.7 Å². The van der Waals surface area contributed by atoms with E-state index in [1.54, 1.807) is 31.3 Å². The minimum Gasteiger partial charge on any atom is -0.451 e. The molecular weight excluding hydrogens is 370 g/mol. The summed E-state index contributed by atoms with van der Waals surface area (Å²) in [6, 6.07) is 6.35. The van der Waals surface area contributed by atoms with Crippen molar-refractivity contribution in [2.75, 3.05) is 11.1 Å². The van der Waals surface area contributed by atoms with Gasteiger partial charge >= 0.3 is 5.97 Å². The van der Waals surface area contributed by atoms with E-state index >= 15 is 0 Å². The van der Waals surface area contributed by atoms with Crippen molar-refractivity contribution in [1.29, 1.82) is 0 Å². The molecule has 1 heterocycles. The number of ether oxygens (including phenoxy) is 1.